The molecule has 1 unspecified atom stereocenters. The van der Waals surface area contributed by atoms with Crippen LogP contribution in [0.5, 0.6) is 0 Å². The molecule has 1 rings (SSSR count). The molecule has 0 bridgehead atoms. The van der Waals surface area contributed by atoms with Crippen LogP contribution in [0.15, 0.2) is 16.3 Å². The number of aliphatic imine (C=N–C) groups is 1. The average Bonchev–Trinajstić information content (AvgIpc) is 2.15. The zero-order valence-corrected chi connectivity index (χ0v) is 8.72. The molecule has 0 saturated heterocycles. The van der Waals surface area contributed by atoms with E-state index in [1.54, 1.807) is 0 Å². The Hall–Kier alpha value is -1.44. The van der Waals surface area contributed by atoms with Crippen LogP contribution >= 0.6 is 0 Å². The van der Waals surface area contributed by atoms with E-state index in [-0.39, 0.29) is 16.1 Å². The first-order valence-corrected chi connectivity index (χ1v) is 4.78. The smallest absolute Gasteiger partial charge is 0.433 e. The molecule has 16 heavy (non-hydrogen) atoms. The number of halogens is 3. The quantitative estimate of drug-likeness (QED) is 0.709. The van der Waals surface area contributed by atoms with Crippen molar-refractivity contribution in [3.63, 3.8) is 0 Å². The maximum Gasteiger partial charge on any atom is 0.433 e. The van der Waals surface area contributed by atoms with Crippen LogP contribution in [0, 0.1) is 5.92 Å². The Balaban J connectivity index is 3.43. The van der Waals surface area contributed by atoms with Gasteiger partial charge in [0.25, 0.3) is 0 Å². The Morgan fingerprint density at radius 3 is 2.50 bits per heavy atom. The van der Waals surface area contributed by atoms with Gasteiger partial charge < -0.3 is 5.11 Å². The third-order valence-electron chi connectivity index (χ3n) is 2.03. The highest BCUT2D eigenvalue weighted by molar-refractivity contribution is 7.68. The molecular formula is C8H6F3NO3S. The van der Waals surface area contributed by atoms with E-state index in [1.807, 2.05) is 0 Å². The summed E-state index contributed by atoms with van der Waals surface area (Å²) in [6, 6.07) is 0. The van der Waals surface area contributed by atoms with Crippen LogP contribution in [0.3, 0.4) is 0 Å². The fourth-order valence-corrected chi connectivity index (χ4v) is 1.62. The van der Waals surface area contributed by atoms with Crippen molar-refractivity contribution in [1.29, 1.82) is 0 Å². The Kier molecular flexibility index (Phi) is 3.32. The minimum atomic E-state index is -4.84. The fourth-order valence-electron chi connectivity index (χ4n) is 1.26. The summed E-state index contributed by atoms with van der Waals surface area (Å²) in [7, 11) is 0. The molecule has 8 heteroatoms. The molecule has 0 aromatic carbocycles. The summed E-state index contributed by atoms with van der Waals surface area (Å²) in [6.45, 7) is 1.22. The van der Waals surface area contributed by atoms with Gasteiger partial charge in [-0.1, -0.05) is 6.92 Å². The summed E-state index contributed by atoms with van der Waals surface area (Å²) in [5, 5.41) is 8.70. The van der Waals surface area contributed by atoms with E-state index in [4.69, 9.17) is 5.11 Å². The molecule has 0 saturated carbocycles. The van der Waals surface area contributed by atoms with Crippen LogP contribution < -0.4 is 0 Å². The van der Waals surface area contributed by atoms with Crippen molar-refractivity contribution in [3.05, 3.63) is 11.3 Å². The van der Waals surface area contributed by atoms with Gasteiger partial charge in [-0.05, 0) is 0 Å². The monoisotopic (exact) mass is 253 g/mol. The standard InChI is InChI=1S/C8H6F3NO3S/c1-3-4(16-15)2-12-6(8(9,10)11)5(3)7(13)14/h2-3H,1H3,(H,13,14). The number of aliphatic carboxylic acids is 1. The Morgan fingerprint density at radius 1 is 1.56 bits per heavy atom. The Bertz CT molecular complexity index is 446. The van der Waals surface area contributed by atoms with E-state index in [0.717, 1.165) is 6.21 Å². The summed E-state index contributed by atoms with van der Waals surface area (Å²) < 4.78 is 47.8. The lowest BCUT2D eigenvalue weighted by Crippen LogP contribution is -2.29. The second-order valence-corrected chi connectivity index (χ2v) is 3.67. The number of carboxylic acid groups (broad SMARTS) is 1. The van der Waals surface area contributed by atoms with Gasteiger partial charge in [-0.3, -0.25) is 0 Å². The molecule has 1 heterocycles. The Morgan fingerprint density at radius 2 is 2.12 bits per heavy atom. The van der Waals surface area contributed by atoms with Crippen molar-refractivity contribution in [2.45, 2.75) is 13.1 Å². The summed E-state index contributed by atoms with van der Waals surface area (Å²) in [6.07, 6.45) is -4.07. The van der Waals surface area contributed by atoms with Gasteiger partial charge in [0.05, 0.1) is 21.7 Å². The molecule has 0 radical (unpaired) electrons. The lowest BCUT2D eigenvalue weighted by Gasteiger charge is -2.19. The predicted octanol–water partition coefficient (Wildman–Crippen LogP) is 0.993. The minimum Gasteiger partial charge on any atom is -0.478 e. The van der Waals surface area contributed by atoms with Crippen LogP contribution in [0.2, 0.25) is 0 Å². The van der Waals surface area contributed by atoms with Gasteiger partial charge in [-0.2, -0.15) is 13.2 Å². The Labute approximate surface area is 91.6 Å². The van der Waals surface area contributed by atoms with Gasteiger partial charge in [0.2, 0.25) is 0 Å². The molecule has 0 aromatic rings. The van der Waals surface area contributed by atoms with E-state index in [1.165, 1.54) is 6.92 Å². The maximum atomic E-state index is 12.4. The van der Waals surface area contributed by atoms with Crippen LogP contribution in [0.4, 0.5) is 13.2 Å². The van der Waals surface area contributed by atoms with Crippen molar-refractivity contribution in [2.75, 3.05) is 0 Å². The second kappa shape index (κ2) is 4.20. The van der Waals surface area contributed by atoms with Gasteiger partial charge in [0, 0.05) is 12.1 Å². The lowest BCUT2D eigenvalue weighted by molar-refractivity contribution is -0.134. The minimum absolute atomic E-state index is 0.0506. The van der Waals surface area contributed by atoms with E-state index in [9.17, 15) is 22.2 Å². The third-order valence-corrected chi connectivity index (χ3v) is 2.68. The van der Waals surface area contributed by atoms with Crippen molar-refractivity contribution >= 4 is 28.3 Å². The average molecular weight is 253 g/mol. The topological polar surface area (TPSA) is 66.7 Å². The normalized spacial score (nSPS) is 21.2. The van der Waals surface area contributed by atoms with Gasteiger partial charge in [0.1, 0.15) is 0 Å². The number of hydrogen-bond acceptors (Lipinski definition) is 3. The van der Waals surface area contributed by atoms with Crippen molar-refractivity contribution in [2.24, 2.45) is 10.9 Å². The number of rotatable bonds is 1. The highest BCUT2D eigenvalue weighted by Crippen LogP contribution is 2.34. The SMILES string of the molecule is CC1C(=S=O)C=NC(C(F)(F)F)=C1C(=O)O. The summed E-state index contributed by atoms with van der Waals surface area (Å²) in [4.78, 5) is 13.7. The van der Waals surface area contributed by atoms with Crippen LogP contribution in [0.1, 0.15) is 6.92 Å². The van der Waals surface area contributed by atoms with E-state index < -0.39 is 29.3 Å². The number of nitrogens with zero attached hydrogens (tertiary/aromatic N) is 1. The zero-order valence-electron chi connectivity index (χ0n) is 7.91. The predicted molar refractivity (Wildman–Crippen MR) is 51.5 cm³/mol. The molecule has 0 amide bonds. The number of carbonyl (C=O) groups is 1. The molecular weight excluding hydrogens is 247 g/mol. The molecule has 1 atom stereocenters. The molecule has 0 aliphatic carbocycles. The van der Waals surface area contributed by atoms with Crippen LogP contribution in [-0.2, 0) is 16.1 Å². The molecule has 88 valence electrons. The lowest BCUT2D eigenvalue weighted by atomic mass is 9.93. The highest BCUT2D eigenvalue weighted by Gasteiger charge is 2.42. The first kappa shape index (κ1) is 12.6. The van der Waals surface area contributed by atoms with Gasteiger partial charge in [-0.25, -0.2) is 14.0 Å². The van der Waals surface area contributed by atoms with Crippen LogP contribution in [-0.4, -0.2) is 32.5 Å². The van der Waals surface area contributed by atoms with Crippen LogP contribution in [0.25, 0.3) is 0 Å². The highest BCUT2D eigenvalue weighted by atomic mass is 32.1. The second-order valence-electron chi connectivity index (χ2n) is 3.03. The molecule has 4 nitrogen and oxygen atoms in total. The van der Waals surface area contributed by atoms with Gasteiger partial charge >= 0.3 is 12.1 Å². The number of alkyl halides is 3. The van der Waals surface area contributed by atoms with E-state index in [2.05, 4.69) is 4.99 Å². The van der Waals surface area contributed by atoms with Gasteiger partial charge in [-0.15, -0.1) is 0 Å². The third kappa shape index (κ3) is 2.21. The summed E-state index contributed by atoms with van der Waals surface area (Å²) in [5.41, 5.74) is -2.35. The number of hydrogen-bond donors (Lipinski definition) is 1. The van der Waals surface area contributed by atoms with Crippen molar-refractivity contribution in [1.82, 2.24) is 0 Å². The summed E-state index contributed by atoms with van der Waals surface area (Å²) in [5.74, 6) is -2.82. The molecule has 0 spiro atoms. The van der Waals surface area contributed by atoms with Crippen molar-refractivity contribution < 1.29 is 27.3 Å². The molecule has 1 aliphatic heterocycles. The zero-order chi connectivity index (χ0) is 12.5. The maximum absolute atomic E-state index is 12.4. The van der Waals surface area contributed by atoms with E-state index in [0.29, 0.717) is 0 Å². The molecule has 0 fully saturated rings. The number of carboxylic acids is 1. The fraction of sp³-hybridized carbons (Fsp3) is 0.375. The molecule has 1 aliphatic rings. The largest absolute Gasteiger partial charge is 0.478 e. The molecule has 1 N–H and O–H groups in total. The van der Waals surface area contributed by atoms with E-state index >= 15 is 0 Å². The van der Waals surface area contributed by atoms with Gasteiger partial charge in [0.15, 0.2) is 5.70 Å². The summed E-state index contributed by atoms with van der Waals surface area (Å²) >= 11 is -0.0598. The van der Waals surface area contributed by atoms with Crippen molar-refractivity contribution in [3.8, 4) is 0 Å². The first-order valence-electron chi connectivity index (χ1n) is 4.04. The number of allylic oxidation sites excluding steroid dienone is 1. The first-order chi connectivity index (χ1) is 7.29. The molecule has 0 aromatic heterocycles.